The van der Waals surface area contributed by atoms with E-state index in [0.29, 0.717) is 17.5 Å². The molecule has 1 N–H and O–H groups in total. The molecule has 0 bridgehead atoms. The molecule has 2 aromatic carbocycles. The maximum atomic E-state index is 12.4. The van der Waals surface area contributed by atoms with Crippen LogP contribution in [0, 0.1) is 0 Å². The summed E-state index contributed by atoms with van der Waals surface area (Å²) < 4.78 is 1.70. The normalized spacial score (nSPS) is 15.4. The van der Waals surface area contributed by atoms with Gasteiger partial charge < -0.3 is 5.32 Å². The van der Waals surface area contributed by atoms with E-state index in [1.165, 1.54) is 0 Å². The third-order valence-electron chi connectivity index (χ3n) is 4.61. The second-order valence-corrected chi connectivity index (χ2v) is 6.95. The highest BCUT2D eigenvalue weighted by Crippen LogP contribution is 2.36. The number of benzene rings is 2. The van der Waals surface area contributed by atoms with Gasteiger partial charge in [0.25, 0.3) is 5.95 Å². The number of rotatable bonds is 6. The van der Waals surface area contributed by atoms with E-state index >= 15 is 0 Å². The van der Waals surface area contributed by atoms with Crippen LogP contribution in [-0.4, -0.2) is 39.2 Å². The zero-order valence-electron chi connectivity index (χ0n) is 15.6. The van der Waals surface area contributed by atoms with Crippen molar-refractivity contribution in [1.82, 2.24) is 25.5 Å². The molecule has 7 nitrogen and oxygen atoms in total. The van der Waals surface area contributed by atoms with Crippen molar-refractivity contribution >= 4 is 29.2 Å². The summed E-state index contributed by atoms with van der Waals surface area (Å²) in [6, 6.07) is 17.2. The molecule has 2 heterocycles. The molecule has 8 heteroatoms. The Morgan fingerprint density at radius 2 is 1.93 bits per heavy atom. The van der Waals surface area contributed by atoms with Crippen LogP contribution in [-0.2, 0) is 4.79 Å². The smallest absolute Gasteiger partial charge is 0.251 e. The molecule has 146 valence electrons. The summed E-state index contributed by atoms with van der Waals surface area (Å²) >= 11 is 6.05. The zero-order chi connectivity index (χ0) is 20.2. The Kier molecular flexibility index (Phi) is 5.39. The van der Waals surface area contributed by atoms with E-state index in [2.05, 4.69) is 33.5 Å². The van der Waals surface area contributed by atoms with E-state index in [1.54, 1.807) is 10.8 Å². The Morgan fingerprint density at radius 1 is 1.17 bits per heavy atom. The Balaban J connectivity index is 1.78. The molecule has 0 saturated carbocycles. The van der Waals surface area contributed by atoms with Crippen LogP contribution < -0.4 is 10.2 Å². The largest absolute Gasteiger partial charge is 0.351 e. The van der Waals surface area contributed by atoms with Crippen LogP contribution in [0.15, 0.2) is 73.3 Å². The van der Waals surface area contributed by atoms with Crippen molar-refractivity contribution in [2.45, 2.75) is 6.04 Å². The summed E-state index contributed by atoms with van der Waals surface area (Å²) in [6.07, 6.45) is 3.70. The third-order valence-corrected chi connectivity index (χ3v) is 4.87. The standard InChI is InChI=1S/C21H19ClN6O/c1-2-12-23-20(29)14-27-18(15-6-4-3-5-7-15)13-19(28-21(27)24-25-26-28)16-8-10-17(22)11-9-16/h2-11,13,19H,1,12,14H2,(H,23,29)/t19-/m0/s1. The van der Waals surface area contributed by atoms with Gasteiger partial charge in [-0.15, -0.1) is 6.58 Å². The van der Waals surface area contributed by atoms with E-state index in [4.69, 9.17) is 11.6 Å². The molecule has 0 spiro atoms. The Morgan fingerprint density at radius 3 is 2.66 bits per heavy atom. The minimum atomic E-state index is -0.222. The molecule has 3 aromatic rings. The van der Waals surface area contributed by atoms with Crippen LogP contribution in [0.3, 0.4) is 0 Å². The van der Waals surface area contributed by atoms with Crippen LogP contribution >= 0.6 is 11.6 Å². The van der Waals surface area contributed by atoms with Gasteiger partial charge in [0.15, 0.2) is 0 Å². The van der Waals surface area contributed by atoms with Crippen molar-refractivity contribution in [3.63, 3.8) is 0 Å². The van der Waals surface area contributed by atoms with Gasteiger partial charge in [0.2, 0.25) is 5.91 Å². The molecule has 4 rings (SSSR count). The average molecular weight is 407 g/mol. The first-order valence-corrected chi connectivity index (χ1v) is 9.51. The summed E-state index contributed by atoms with van der Waals surface area (Å²) in [4.78, 5) is 14.3. The number of fused-ring (bicyclic) bond motifs is 1. The molecule has 0 aliphatic carbocycles. The third kappa shape index (κ3) is 3.90. The molecule has 29 heavy (non-hydrogen) atoms. The summed E-state index contributed by atoms with van der Waals surface area (Å²) in [5.74, 6) is 0.353. The van der Waals surface area contributed by atoms with Gasteiger partial charge in [-0.3, -0.25) is 9.69 Å². The lowest BCUT2D eigenvalue weighted by Gasteiger charge is -2.32. The van der Waals surface area contributed by atoms with Crippen molar-refractivity contribution in [2.24, 2.45) is 0 Å². The number of hydrogen-bond donors (Lipinski definition) is 1. The zero-order valence-corrected chi connectivity index (χ0v) is 16.3. The molecule has 0 fully saturated rings. The maximum Gasteiger partial charge on any atom is 0.251 e. The first kappa shape index (κ1) is 18.9. The monoisotopic (exact) mass is 406 g/mol. The number of halogens is 1. The van der Waals surface area contributed by atoms with E-state index in [9.17, 15) is 4.79 Å². The van der Waals surface area contributed by atoms with Gasteiger partial charge in [-0.1, -0.05) is 65.2 Å². The first-order valence-electron chi connectivity index (χ1n) is 9.13. The first-order chi connectivity index (χ1) is 14.2. The number of hydrogen-bond acceptors (Lipinski definition) is 5. The van der Waals surface area contributed by atoms with Crippen molar-refractivity contribution in [2.75, 3.05) is 18.0 Å². The number of nitrogens with one attached hydrogen (secondary N) is 1. The highest BCUT2D eigenvalue weighted by atomic mass is 35.5. The van der Waals surface area contributed by atoms with E-state index < -0.39 is 0 Å². The second kappa shape index (κ2) is 8.28. The topological polar surface area (TPSA) is 75.9 Å². The van der Waals surface area contributed by atoms with Crippen LogP contribution in [0.2, 0.25) is 5.02 Å². The highest BCUT2D eigenvalue weighted by molar-refractivity contribution is 6.30. The van der Waals surface area contributed by atoms with Crippen LogP contribution in [0.5, 0.6) is 0 Å². The fourth-order valence-electron chi connectivity index (χ4n) is 3.26. The fourth-order valence-corrected chi connectivity index (χ4v) is 3.39. The summed E-state index contributed by atoms with van der Waals surface area (Å²) in [7, 11) is 0. The lowest BCUT2D eigenvalue weighted by Crippen LogP contribution is -2.40. The molecule has 0 unspecified atom stereocenters. The van der Waals surface area contributed by atoms with Gasteiger partial charge >= 0.3 is 0 Å². The Labute approximate surface area is 173 Å². The maximum absolute atomic E-state index is 12.4. The minimum absolute atomic E-state index is 0.0856. The van der Waals surface area contributed by atoms with Crippen LogP contribution in [0.25, 0.3) is 5.70 Å². The summed E-state index contributed by atoms with van der Waals surface area (Å²) in [5, 5.41) is 15.7. The molecular weight excluding hydrogens is 388 g/mol. The van der Waals surface area contributed by atoms with Crippen molar-refractivity contribution in [3.8, 4) is 0 Å². The number of allylic oxidation sites excluding steroid dienone is 1. The summed E-state index contributed by atoms with van der Waals surface area (Å²) in [6.45, 7) is 4.12. The quantitative estimate of drug-likeness (QED) is 0.636. The fraction of sp³-hybridized carbons (Fsp3) is 0.143. The van der Waals surface area contributed by atoms with Crippen molar-refractivity contribution in [1.29, 1.82) is 0 Å². The van der Waals surface area contributed by atoms with Gasteiger partial charge in [0, 0.05) is 11.6 Å². The summed E-state index contributed by atoms with van der Waals surface area (Å²) in [5.41, 5.74) is 2.82. The number of nitrogens with zero attached hydrogens (tertiary/aromatic N) is 5. The van der Waals surface area contributed by atoms with Gasteiger partial charge in [-0.25, -0.2) is 0 Å². The second-order valence-electron chi connectivity index (χ2n) is 6.52. The minimum Gasteiger partial charge on any atom is -0.351 e. The van der Waals surface area contributed by atoms with Gasteiger partial charge in [0.05, 0.1) is 5.70 Å². The molecule has 1 aromatic heterocycles. The van der Waals surface area contributed by atoms with Crippen molar-refractivity contribution in [3.05, 3.63) is 89.5 Å². The number of tetrazole rings is 1. The number of carbonyl (C=O) groups excluding carboxylic acids is 1. The lowest BCUT2D eigenvalue weighted by molar-refractivity contribution is -0.119. The van der Waals surface area contributed by atoms with E-state index in [0.717, 1.165) is 16.8 Å². The highest BCUT2D eigenvalue weighted by Gasteiger charge is 2.31. The van der Waals surface area contributed by atoms with Crippen LogP contribution in [0.1, 0.15) is 17.2 Å². The molecule has 1 amide bonds. The number of anilines is 1. The van der Waals surface area contributed by atoms with E-state index in [-0.39, 0.29) is 18.5 Å². The predicted molar refractivity (Wildman–Crippen MR) is 112 cm³/mol. The molecule has 1 atom stereocenters. The molecule has 0 saturated heterocycles. The number of carbonyl (C=O) groups is 1. The molecule has 1 aliphatic rings. The molecule has 1 aliphatic heterocycles. The Bertz CT molecular complexity index is 1040. The lowest BCUT2D eigenvalue weighted by atomic mass is 10.0. The number of amides is 1. The predicted octanol–water partition coefficient (Wildman–Crippen LogP) is 3.08. The SMILES string of the molecule is C=CCNC(=O)CN1C(c2ccccc2)=C[C@@H](c2ccc(Cl)cc2)n2nnnc21. The van der Waals surface area contributed by atoms with E-state index in [1.807, 2.05) is 59.5 Å². The molecule has 0 radical (unpaired) electrons. The average Bonchev–Trinajstić information content (AvgIpc) is 3.24. The molecular formula is C21H19ClN6O. The van der Waals surface area contributed by atoms with Crippen molar-refractivity contribution < 1.29 is 4.79 Å². The number of aromatic nitrogens is 4. The van der Waals surface area contributed by atoms with Gasteiger partial charge in [-0.2, -0.15) is 4.68 Å². The van der Waals surface area contributed by atoms with Crippen LogP contribution in [0.4, 0.5) is 5.95 Å². The van der Waals surface area contributed by atoms with Gasteiger partial charge in [0.1, 0.15) is 12.6 Å². The van der Waals surface area contributed by atoms with Gasteiger partial charge in [-0.05, 0) is 39.8 Å². The Hall–Kier alpha value is -3.45.